The molecule has 0 aliphatic heterocycles. The lowest BCUT2D eigenvalue weighted by molar-refractivity contribution is 0.477. The molecule has 0 unspecified atom stereocenters. The topological polar surface area (TPSA) is 37.2 Å². The van der Waals surface area contributed by atoms with Crippen molar-refractivity contribution in [2.24, 2.45) is 0 Å². The number of hydrogen-bond donors (Lipinski definition) is 2. The average Bonchev–Trinajstić information content (AvgIpc) is 2.58. The summed E-state index contributed by atoms with van der Waals surface area (Å²) in [6.45, 7) is 8.17. The van der Waals surface area contributed by atoms with E-state index in [0.717, 1.165) is 31.9 Å². The maximum atomic E-state index is 5.31. The summed E-state index contributed by atoms with van der Waals surface area (Å²) in [6, 6.07) is 1.99. The Kier molecular flexibility index (Phi) is 5.33. The van der Waals surface area contributed by atoms with Crippen molar-refractivity contribution in [3.63, 3.8) is 0 Å². The summed E-state index contributed by atoms with van der Waals surface area (Å²) >= 11 is 0. The molecule has 0 atom stereocenters. The molecule has 1 rings (SSSR count). The summed E-state index contributed by atoms with van der Waals surface area (Å²) in [5, 5.41) is 6.67. The largest absolute Gasteiger partial charge is 0.468 e. The fourth-order valence-corrected chi connectivity index (χ4v) is 1.27. The van der Waals surface area contributed by atoms with Gasteiger partial charge in [0.05, 0.1) is 12.8 Å². The second-order valence-corrected chi connectivity index (χ2v) is 3.45. The minimum absolute atomic E-state index is 0.826. The third kappa shape index (κ3) is 3.94. The van der Waals surface area contributed by atoms with Crippen LogP contribution in [-0.4, -0.2) is 19.6 Å². The third-order valence-corrected chi connectivity index (χ3v) is 2.16. The molecule has 0 saturated carbocycles. The summed E-state index contributed by atoms with van der Waals surface area (Å²) < 4.78 is 5.31. The van der Waals surface area contributed by atoms with Crippen molar-refractivity contribution >= 4 is 0 Å². The smallest absolute Gasteiger partial charge is 0.120 e. The minimum Gasteiger partial charge on any atom is -0.468 e. The molecule has 0 saturated heterocycles. The maximum absolute atomic E-state index is 5.31. The van der Waals surface area contributed by atoms with Crippen LogP contribution < -0.4 is 10.6 Å². The first kappa shape index (κ1) is 11.3. The van der Waals surface area contributed by atoms with Crippen LogP contribution >= 0.6 is 0 Å². The van der Waals surface area contributed by atoms with Gasteiger partial charge in [-0.25, -0.2) is 0 Å². The molecule has 1 aromatic heterocycles. The molecule has 0 fully saturated rings. The zero-order chi connectivity index (χ0) is 10.2. The quantitative estimate of drug-likeness (QED) is 0.651. The normalized spacial score (nSPS) is 10.7. The van der Waals surface area contributed by atoms with Gasteiger partial charge < -0.3 is 15.1 Å². The van der Waals surface area contributed by atoms with Gasteiger partial charge >= 0.3 is 0 Å². The van der Waals surface area contributed by atoms with E-state index in [-0.39, 0.29) is 0 Å². The highest BCUT2D eigenvalue weighted by Crippen LogP contribution is 2.07. The molecule has 0 spiro atoms. The van der Waals surface area contributed by atoms with E-state index in [1.165, 1.54) is 12.0 Å². The van der Waals surface area contributed by atoms with Crippen LogP contribution in [0, 0.1) is 6.92 Å². The second kappa shape index (κ2) is 6.62. The monoisotopic (exact) mass is 196 g/mol. The van der Waals surface area contributed by atoms with E-state index in [0.29, 0.717) is 0 Å². The van der Waals surface area contributed by atoms with E-state index < -0.39 is 0 Å². The zero-order valence-electron chi connectivity index (χ0n) is 9.10. The minimum atomic E-state index is 0.826. The van der Waals surface area contributed by atoms with Gasteiger partial charge in [-0.2, -0.15) is 0 Å². The fourth-order valence-electron chi connectivity index (χ4n) is 1.27. The summed E-state index contributed by atoms with van der Waals surface area (Å²) in [5.74, 6) is 1.04. The second-order valence-electron chi connectivity index (χ2n) is 3.45. The highest BCUT2D eigenvalue weighted by molar-refractivity contribution is 5.13. The Morgan fingerprint density at radius 2 is 2.00 bits per heavy atom. The molecule has 3 heteroatoms. The van der Waals surface area contributed by atoms with Crippen LogP contribution in [0.15, 0.2) is 16.7 Å². The van der Waals surface area contributed by atoms with Crippen LogP contribution in [0.5, 0.6) is 0 Å². The first-order chi connectivity index (χ1) is 6.84. The molecule has 3 nitrogen and oxygen atoms in total. The molecular formula is C11H20N2O. The van der Waals surface area contributed by atoms with E-state index in [1.807, 2.05) is 6.07 Å². The van der Waals surface area contributed by atoms with Crippen LogP contribution in [0.2, 0.25) is 0 Å². The van der Waals surface area contributed by atoms with Gasteiger partial charge in [0.15, 0.2) is 0 Å². The highest BCUT2D eigenvalue weighted by atomic mass is 16.3. The lowest BCUT2D eigenvalue weighted by atomic mass is 10.3. The van der Waals surface area contributed by atoms with Crippen molar-refractivity contribution in [1.29, 1.82) is 0 Å². The van der Waals surface area contributed by atoms with Crippen molar-refractivity contribution in [3.8, 4) is 0 Å². The van der Waals surface area contributed by atoms with Crippen molar-refractivity contribution in [3.05, 3.63) is 23.7 Å². The predicted octanol–water partition coefficient (Wildman–Crippen LogP) is 1.68. The van der Waals surface area contributed by atoms with Gasteiger partial charge in [0.25, 0.3) is 0 Å². The van der Waals surface area contributed by atoms with Crippen LogP contribution in [0.3, 0.4) is 0 Å². The Balaban J connectivity index is 2.02. The highest BCUT2D eigenvalue weighted by Gasteiger charge is 1.99. The first-order valence-electron chi connectivity index (χ1n) is 5.29. The van der Waals surface area contributed by atoms with Crippen molar-refractivity contribution in [1.82, 2.24) is 10.6 Å². The van der Waals surface area contributed by atoms with Gasteiger partial charge in [0.1, 0.15) is 5.76 Å². The predicted molar refractivity (Wildman–Crippen MR) is 58.3 cm³/mol. The van der Waals surface area contributed by atoms with E-state index in [1.54, 1.807) is 6.26 Å². The summed E-state index contributed by atoms with van der Waals surface area (Å²) in [7, 11) is 0. The Bertz CT molecular complexity index is 245. The molecular weight excluding hydrogens is 176 g/mol. The Morgan fingerprint density at radius 3 is 2.64 bits per heavy atom. The Hall–Kier alpha value is -0.800. The molecule has 14 heavy (non-hydrogen) atoms. The molecule has 1 heterocycles. The molecule has 1 aromatic rings. The average molecular weight is 196 g/mol. The van der Waals surface area contributed by atoms with Crippen molar-refractivity contribution < 1.29 is 4.42 Å². The van der Waals surface area contributed by atoms with Gasteiger partial charge in [-0.3, -0.25) is 0 Å². The van der Waals surface area contributed by atoms with Crippen LogP contribution in [0.4, 0.5) is 0 Å². The molecule has 0 amide bonds. The number of aryl methyl sites for hydroxylation is 1. The van der Waals surface area contributed by atoms with Gasteiger partial charge in [-0.05, 0) is 31.5 Å². The zero-order valence-corrected chi connectivity index (χ0v) is 9.10. The Labute approximate surface area is 85.9 Å². The molecule has 0 aromatic carbocycles. The first-order valence-corrected chi connectivity index (χ1v) is 5.29. The van der Waals surface area contributed by atoms with Gasteiger partial charge in [0, 0.05) is 13.1 Å². The van der Waals surface area contributed by atoms with Crippen LogP contribution in [0.25, 0.3) is 0 Å². The SMILES string of the molecule is CCCNCCNCc1occc1C. The number of nitrogens with one attached hydrogen (secondary N) is 2. The van der Waals surface area contributed by atoms with Gasteiger partial charge in [-0.1, -0.05) is 6.92 Å². The van der Waals surface area contributed by atoms with E-state index in [9.17, 15) is 0 Å². The van der Waals surface area contributed by atoms with E-state index in [2.05, 4.69) is 24.5 Å². The lowest BCUT2D eigenvalue weighted by Gasteiger charge is -2.04. The molecule has 0 bridgehead atoms. The number of furan rings is 1. The third-order valence-electron chi connectivity index (χ3n) is 2.16. The standard InChI is InChI=1S/C11H20N2O/c1-3-5-12-6-7-13-9-11-10(2)4-8-14-11/h4,8,12-13H,3,5-7,9H2,1-2H3. The Morgan fingerprint density at radius 1 is 1.21 bits per heavy atom. The van der Waals surface area contributed by atoms with E-state index in [4.69, 9.17) is 4.42 Å². The molecule has 2 N–H and O–H groups in total. The van der Waals surface area contributed by atoms with Crippen LogP contribution in [-0.2, 0) is 6.54 Å². The fraction of sp³-hybridized carbons (Fsp3) is 0.636. The summed E-state index contributed by atoms with van der Waals surface area (Å²) in [6.07, 6.45) is 2.93. The molecule has 0 aliphatic carbocycles. The lowest BCUT2D eigenvalue weighted by Crippen LogP contribution is -2.27. The number of rotatable bonds is 7. The van der Waals surface area contributed by atoms with Gasteiger partial charge in [-0.15, -0.1) is 0 Å². The molecule has 80 valence electrons. The van der Waals surface area contributed by atoms with Crippen molar-refractivity contribution in [2.45, 2.75) is 26.8 Å². The van der Waals surface area contributed by atoms with Gasteiger partial charge in [0.2, 0.25) is 0 Å². The molecule has 0 aliphatic rings. The van der Waals surface area contributed by atoms with E-state index >= 15 is 0 Å². The summed E-state index contributed by atoms with van der Waals surface area (Å²) in [5.41, 5.74) is 1.22. The maximum Gasteiger partial charge on any atom is 0.120 e. The van der Waals surface area contributed by atoms with Crippen molar-refractivity contribution in [2.75, 3.05) is 19.6 Å². The van der Waals surface area contributed by atoms with Crippen LogP contribution in [0.1, 0.15) is 24.7 Å². The number of hydrogen-bond acceptors (Lipinski definition) is 3. The molecule has 0 radical (unpaired) electrons. The summed E-state index contributed by atoms with van der Waals surface area (Å²) in [4.78, 5) is 0.